The molecule has 0 aliphatic rings. The van der Waals surface area contributed by atoms with E-state index in [0.717, 1.165) is 62.2 Å². The maximum Gasteiger partial charge on any atom is 0.107 e. The van der Waals surface area contributed by atoms with Gasteiger partial charge in [0.15, 0.2) is 0 Å². The molecule has 2 rings (SSSR count). The fraction of sp³-hybridized carbons (Fsp3) is 0.647. The van der Waals surface area contributed by atoms with Crippen LogP contribution in [0.15, 0.2) is 12.4 Å². The monoisotopic (exact) mass is 320 g/mol. The van der Waals surface area contributed by atoms with E-state index in [1.165, 1.54) is 0 Å². The molecule has 6 nitrogen and oxygen atoms in total. The minimum atomic E-state index is 0.692. The van der Waals surface area contributed by atoms with E-state index in [2.05, 4.69) is 20.3 Å². The predicted molar refractivity (Wildman–Crippen MR) is 90.5 cm³/mol. The first-order valence-electron chi connectivity index (χ1n) is 8.30. The molecular weight excluding hydrogens is 292 g/mol. The van der Waals surface area contributed by atoms with Crippen LogP contribution in [0.1, 0.15) is 31.4 Å². The van der Waals surface area contributed by atoms with Crippen LogP contribution in [0.5, 0.6) is 0 Å². The first-order chi connectivity index (χ1) is 11.2. The van der Waals surface area contributed by atoms with Gasteiger partial charge >= 0.3 is 0 Å². The molecule has 0 fully saturated rings. The lowest BCUT2D eigenvalue weighted by Gasteiger charge is -2.08. The Morgan fingerprint density at radius 1 is 1.09 bits per heavy atom. The molecule has 0 aromatic carbocycles. The van der Waals surface area contributed by atoms with E-state index >= 15 is 0 Å². The van der Waals surface area contributed by atoms with Crippen molar-refractivity contribution in [1.82, 2.24) is 19.1 Å². The van der Waals surface area contributed by atoms with Crippen LogP contribution in [0.4, 0.5) is 0 Å². The fourth-order valence-electron chi connectivity index (χ4n) is 2.64. The lowest BCUT2D eigenvalue weighted by atomic mass is 10.3. The second-order valence-corrected chi connectivity index (χ2v) is 5.61. The number of aryl methyl sites for hydroxylation is 3. The molecule has 128 valence electrons. The van der Waals surface area contributed by atoms with Gasteiger partial charge in [-0.2, -0.15) is 0 Å². The van der Waals surface area contributed by atoms with Crippen molar-refractivity contribution in [2.24, 2.45) is 0 Å². The summed E-state index contributed by atoms with van der Waals surface area (Å²) in [5.41, 5.74) is 2.03. The smallest absolute Gasteiger partial charge is 0.107 e. The molecule has 0 aliphatic heterocycles. The summed E-state index contributed by atoms with van der Waals surface area (Å²) in [6, 6.07) is 0. The summed E-state index contributed by atoms with van der Waals surface area (Å²) in [6.45, 7) is 10.1. The number of methoxy groups -OCH3 is 1. The molecule has 2 aromatic rings. The van der Waals surface area contributed by atoms with Crippen LogP contribution in [0, 0.1) is 13.8 Å². The Morgan fingerprint density at radius 2 is 1.91 bits per heavy atom. The highest BCUT2D eigenvalue weighted by Gasteiger charge is 2.13. The van der Waals surface area contributed by atoms with Gasteiger partial charge in [-0.3, -0.25) is 0 Å². The molecule has 0 radical (unpaired) electrons. The number of imidazole rings is 2. The van der Waals surface area contributed by atoms with Gasteiger partial charge in [0.05, 0.1) is 18.5 Å². The van der Waals surface area contributed by atoms with Crippen molar-refractivity contribution in [2.45, 2.75) is 46.7 Å². The zero-order valence-corrected chi connectivity index (χ0v) is 14.7. The second-order valence-electron chi connectivity index (χ2n) is 5.61. The van der Waals surface area contributed by atoms with E-state index in [1.54, 1.807) is 7.11 Å². The van der Waals surface area contributed by atoms with E-state index in [9.17, 15) is 0 Å². The summed E-state index contributed by atoms with van der Waals surface area (Å²) >= 11 is 0. The molecule has 0 unspecified atom stereocenters. The van der Waals surface area contributed by atoms with E-state index in [1.807, 2.05) is 27.0 Å². The van der Waals surface area contributed by atoms with Gasteiger partial charge in [0.1, 0.15) is 17.3 Å². The molecule has 2 aromatic heterocycles. The van der Waals surface area contributed by atoms with Gasteiger partial charge in [-0.15, -0.1) is 0 Å². The van der Waals surface area contributed by atoms with Crippen molar-refractivity contribution >= 4 is 0 Å². The summed E-state index contributed by atoms with van der Waals surface area (Å²) in [5.74, 6) is 2.03. The Bertz CT molecular complexity index is 604. The fourth-order valence-corrected chi connectivity index (χ4v) is 2.64. The predicted octanol–water partition coefficient (Wildman–Crippen LogP) is 2.83. The van der Waals surface area contributed by atoms with Crippen LogP contribution >= 0.6 is 0 Å². The first kappa shape index (κ1) is 17.7. The number of hydrogen-bond acceptors (Lipinski definition) is 4. The second kappa shape index (κ2) is 8.84. The van der Waals surface area contributed by atoms with Gasteiger partial charge in [0.25, 0.3) is 0 Å². The summed E-state index contributed by atoms with van der Waals surface area (Å²) < 4.78 is 15.0. The summed E-state index contributed by atoms with van der Waals surface area (Å²) in [4.78, 5) is 9.15. The Balaban J connectivity index is 2.09. The molecule has 0 saturated heterocycles. The van der Waals surface area contributed by atoms with Crippen molar-refractivity contribution in [1.29, 1.82) is 0 Å². The van der Waals surface area contributed by atoms with Crippen LogP contribution < -0.4 is 0 Å². The van der Waals surface area contributed by atoms with Gasteiger partial charge in [0, 0.05) is 39.6 Å². The van der Waals surface area contributed by atoms with Crippen LogP contribution in [0.3, 0.4) is 0 Å². The van der Waals surface area contributed by atoms with Crippen molar-refractivity contribution in [3.05, 3.63) is 24.0 Å². The molecule has 2 heterocycles. The molecule has 0 aliphatic carbocycles. The SMILES string of the molecule is CCOCCn1c(-c2cn(CCCCOC)c(C)n2)cnc1C. The number of hydrogen-bond donors (Lipinski definition) is 0. The number of ether oxygens (including phenoxy) is 2. The van der Waals surface area contributed by atoms with Crippen LogP contribution in [0.25, 0.3) is 11.4 Å². The Labute approximate surface area is 138 Å². The highest BCUT2D eigenvalue weighted by atomic mass is 16.5. The topological polar surface area (TPSA) is 54.1 Å². The molecule has 0 bridgehead atoms. The average molecular weight is 320 g/mol. The Hall–Kier alpha value is -1.66. The Kier molecular flexibility index (Phi) is 6.80. The lowest BCUT2D eigenvalue weighted by molar-refractivity contribution is 0.139. The van der Waals surface area contributed by atoms with E-state index in [-0.39, 0.29) is 0 Å². The highest BCUT2D eigenvalue weighted by Crippen LogP contribution is 2.20. The lowest BCUT2D eigenvalue weighted by Crippen LogP contribution is -2.09. The van der Waals surface area contributed by atoms with Gasteiger partial charge in [0.2, 0.25) is 0 Å². The largest absolute Gasteiger partial charge is 0.385 e. The normalized spacial score (nSPS) is 11.3. The maximum atomic E-state index is 5.47. The van der Waals surface area contributed by atoms with E-state index in [0.29, 0.717) is 6.61 Å². The van der Waals surface area contributed by atoms with Gasteiger partial charge in [-0.1, -0.05) is 0 Å². The highest BCUT2D eigenvalue weighted by molar-refractivity contribution is 5.53. The molecule has 0 saturated carbocycles. The van der Waals surface area contributed by atoms with Gasteiger partial charge in [-0.25, -0.2) is 9.97 Å². The van der Waals surface area contributed by atoms with Gasteiger partial charge in [-0.05, 0) is 33.6 Å². The van der Waals surface area contributed by atoms with Crippen molar-refractivity contribution in [3.8, 4) is 11.4 Å². The average Bonchev–Trinajstić information content (AvgIpc) is 3.08. The van der Waals surface area contributed by atoms with E-state index < -0.39 is 0 Å². The minimum absolute atomic E-state index is 0.692. The summed E-state index contributed by atoms with van der Waals surface area (Å²) in [7, 11) is 1.74. The van der Waals surface area contributed by atoms with Crippen LogP contribution in [-0.2, 0) is 22.6 Å². The van der Waals surface area contributed by atoms with Crippen LogP contribution in [0.2, 0.25) is 0 Å². The molecule has 23 heavy (non-hydrogen) atoms. The summed E-state index contributed by atoms with van der Waals surface area (Å²) in [6.07, 6.45) is 6.18. The first-order valence-corrected chi connectivity index (χ1v) is 8.30. The molecule has 0 amide bonds. The summed E-state index contributed by atoms with van der Waals surface area (Å²) in [5, 5.41) is 0. The molecule has 0 N–H and O–H groups in total. The zero-order valence-electron chi connectivity index (χ0n) is 14.7. The number of nitrogens with zero attached hydrogens (tertiary/aromatic N) is 4. The third-order valence-electron chi connectivity index (χ3n) is 3.95. The molecular formula is C17H28N4O2. The minimum Gasteiger partial charge on any atom is -0.385 e. The van der Waals surface area contributed by atoms with Crippen molar-refractivity contribution in [2.75, 3.05) is 26.9 Å². The molecule has 0 spiro atoms. The van der Waals surface area contributed by atoms with Crippen molar-refractivity contribution < 1.29 is 9.47 Å². The maximum absolute atomic E-state index is 5.47. The third-order valence-corrected chi connectivity index (χ3v) is 3.95. The van der Waals surface area contributed by atoms with E-state index in [4.69, 9.17) is 14.5 Å². The zero-order chi connectivity index (χ0) is 16.7. The van der Waals surface area contributed by atoms with Gasteiger partial charge < -0.3 is 18.6 Å². The third kappa shape index (κ3) is 4.65. The van der Waals surface area contributed by atoms with Crippen molar-refractivity contribution in [3.63, 3.8) is 0 Å². The number of unbranched alkanes of at least 4 members (excludes halogenated alkanes) is 1. The quantitative estimate of drug-likeness (QED) is 0.632. The standard InChI is InChI=1S/C17H28N4O2/c1-5-23-11-9-21-14(2)18-12-17(21)16-13-20(15(3)19-16)8-6-7-10-22-4/h12-13H,5-11H2,1-4H3. The number of rotatable bonds is 10. The Morgan fingerprint density at radius 3 is 2.65 bits per heavy atom. The van der Waals surface area contributed by atoms with Crippen LogP contribution in [-0.4, -0.2) is 46.0 Å². The number of aromatic nitrogens is 4. The molecule has 0 atom stereocenters. The molecule has 6 heteroatoms.